The van der Waals surface area contributed by atoms with E-state index in [1.165, 1.54) is 0 Å². The van der Waals surface area contributed by atoms with Crippen LogP contribution >= 0.6 is 0 Å². The van der Waals surface area contributed by atoms with Gasteiger partial charge in [0.25, 0.3) is 0 Å². The van der Waals surface area contributed by atoms with E-state index in [2.05, 4.69) is 57.7 Å². The number of nitriles is 3. The minimum Gasteiger partial charge on any atom is -0.309 e. The lowest BCUT2D eigenvalue weighted by Gasteiger charge is -2.10. The number of fused-ring (bicyclic) bond motifs is 6. The molecular weight excluding hydrogens is 466 g/mol. The molecule has 0 unspecified atom stereocenters. The molecule has 0 aliphatic heterocycles. The van der Waals surface area contributed by atoms with E-state index >= 15 is 0 Å². The van der Waals surface area contributed by atoms with E-state index in [1.807, 2.05) is 66.7 Å². The Bertz CT molecular complexity index is 2230. The highest BCUT2D eigenvalue weighted by Gasteiger charge is 2.17. The van der Waals surface area contributed by atoms with Crippen molar-refractivity contribution >= 4 is 43.6 Å². The molecule has 2 aromatic heterocycles. The summed E-state index contributed by atoms with van der Waals surface area (Å²) in [5, 5.41) is 32.7. The number of para-hydroxylation sites is 1. The largest absolute Gasteiger partial charge is 0.309 e. The van der Waals surface area contributed by atoms with Crippen LogP contribution in [0.25, 0.3) is 55.0 Å². The average Bonchev–Trinajstić information content (AvgIpc) is 3.48. The fourth-order valence-corrected chi connectivity index (χ4v) is 5.53. The van der Waals surface area contributed by atoms with Crippen LogP contribution in [0.3, 0.4) is 0 Å². The van der Waals surface area contributed by atoms with Gasteiger partial charge in [0.05, 0.1) is 57.0 Å². The highest BCUT2D eigenvalue weighted by Crippen LogP contribution is 2.37. The molecule has 0 fully saturated rings. The number of hydrogen-bond acceptors (Lipinski definition) is 3. The van der Waals surface area contributed by atoms with Gasteiger partial charge in [-0.1, -0.05) is 24.3 Å². The molecule has 0 bridgehead atoms. The van der Waals surface area contributed by atoms with Gasteiger partial charge in [0.1, 0.15) is 0 Å². The molecule has 0 spiro atoms. The zero-order chi connectivity index (χ0) is 25.8. The van der Waals surface area contributed by atoms with Crippen LogP contribution in [0.2, 0.25) is 0 Å². The van der Waals surface area contributed by atoms with E-state index in [0.29, 0.717) is 16.7 Å². The average molecular weight is 484 g/mol. The normalized spacial score (nSPS) is 11.1. The first kappa shape index (κ1) is 21.5. The van der Waals surface area contributed by atoms with Crippen LogP contribution in [-0.4, -0.2) is 9.13 Å². The van der Waals surface area contributed by atoms with Gasteiger partial charge < -0.3 is 9.13 Å². The molecule has 7 aromatic rings. The number of benzene rings is 5. The van der Waals surface area contributed by atoms with Crippen LogP contribution in [0.15, 0.2) is 103 Å². The van der Waals surface area contributed by atoms with Gasteiger partial charge >= 0.3 is 0 Å². The maximum Gasteiger partial charge on any atom is 0.0992 e. The second-order valence-electron chi connectivity index (χ2n) is 9.24. The summed E-state index contributed by atoms with van der Waals surface area (Å²) >= 11 is 0. The van der Waals surface area contributed by atoms with Gasteiger partial charge in [-0.2, -0.15) is 15.8 Å². The fraction of sp³-hybridized carbons (Fsp3) is 0. The molecule has 0 saturated carbocycles. The molecule has 0 saturated heterocycles. The van der Waals surface area contributed by atoms with Crippen molar-refractivity contribution in [3.63, 3.8) is 0 Å². The lowest BCUT2D eigenvalue weighted by atomic mass is 10.1. The minimum atomic E-state index is 0.588. The first-order valence-electron chi connectivity index (χ1n) is 12.1. The van der Waals surface area contributed by atoms with Crippen LogP contribution in [-0.2, 0) is 0 Å². The Labute approximate surface area is 217 Å². The van der Waals surface area contributed by atoms with Crippen LogP contribution < -0.4 is 0 Å². The summed E-state index contributed by atoms with van der Waals surface area (Å²) in [6, 6.07) is 40.4. The molecule has 38 heavy (non-hydrogen) atoms. The van der Waals surface area contributed by atoms with Crippen LogP contribution in [0.5, 0.6) is 0 Å². The Morgan fingerprint density at radius 1 is 0.395 bits per heavy atom. The zero-order valence-electron chi connectivity index (χ0n) is 20.1. The topological polar surface area (TPSA) is 81.2 Å². The third-order valence-corrected chi connectivity index (χ3v) is 7.17. The van der Waals surface area contributed by atoms with Crippen molar-refractivity contribution in [3.05, 3.63) is 120 Å². The minimum absolute atomic E-state index is 0.588. The number of nitrogens with zero attached hydrogens (tertiary/aromatic N) is 5. The van der Waals surface area contributed by atoms with Gasteiger partial charge in [0.15, 0.2) is 0 Å². The highest BCUT2D eigenvalue weighted by molar-refractivity contribution is 6.12. The highest BCUT2D eigenvalue weighted by atomic mass is 15.0. The Hall–Kier alpha value is -5.83. The van der Waals surface area contributed by atoms with E-state index in [-0.39, 0.29) is 0 Å². The molecule has 7 rings (SSSR count). The Kier molecular flexibility index (Phi) is 4.57. The van der Waals surface area contributed by atoms with Crippen LogP contribution in [0.4, 0.5) is 0 Å². The molecule has 0 aliphatic carbocycles. The SMILES string of the molecule is N#Cc1cccc(-n2c3ccc(C#N)cc3c3cc(-n4c5ccccc5c5cc(C#N)ccc54)ccc32)c1. The van der Waals surface area contributed by atoms with Crippen LogP contribution in [0.1, 0.15) is 16.7 Å². The fourth-order valence-electron chi connectivity index (χ4n) is 5.53. The standard InChI is InChI=1S/C33H17N5/c34-18-21-4-3-5-24(14-21)37-32-12-9-23(20-36)16-28(32)29-17-25(10-13-33(29)37)38-30-7-2-1-6-26(30)27-15-22(19-35)8-11-31(27)38/h1-17H. The number of hydrogen-bond donors (Lipinski definition) is 0. The molecule has 0 radical (unpaired) electrons. The van der Waals surface area contributed by atoms with Crippen molar-refractivity contribution in [2.24, 2.45) is 0 Å². The van der Waals surface area contributed by atoms with Crippen molar-refractivity contribution in [1.82, 2.24) is 9.13 Å². The summed E-state index contributed by atoms with van der Waals surface area (Å²) in [5.41, 5.74) is 7.71. The molecule has 0 amide bonds. The van der Waals surface area contributed by atoms with E-state index in [9.17, 15) is 15.8 Å². The van der Waals surface area contributed by atoms with Gasteiger partial charge in [0.2, 0.25) is 0 Å². The molecule has 0 aliphatic rings. The summed E-state index contributed by atoms with van der Waals surface area (Å²) < 4.78 is 4.36. The quantitative estimate of drug-likeness (QED) is 0.255. The predicted octanol–water partition coefficient (Wildman–Crippen LogP) is 7.50. The van der Waals surface area contributed by atoms with Crippen LogP contribution in [0, 0.1) is 34.0 Å². The molecule has 5 heteroatoms. The summed E-state index contributed by atoms with van der Waals surface area (Å²) in [5.74, 6) is 0. The smallest absolute Gasteiger partial charge is 0.0992 e. The lowest BCUT2D eigenvalue weighted by Crippen LogP contribution is -1.96. The van der Waals surface area contributed by atoms with Crippen molar-refractivity contribution in [3.8, 4) is 29.6 Å². The monoisotopic (exact) mass is 483 g/mol. The van der Waals surface area contributed by atoms with Crippen molar-refractivity contribution in [2.75, 3.05) is 0 Å². The van der Waals surface area contributed by atoms with Gasteiger partial charge in [-0.3, -0.25) is 0 Å². The van der Waals surface area contributed by atoms with Gasteiger partial charge in [-0.15, -0.1) is 0 Å². The predicted molar refractivity (Wildman–Crippen MR) is 149 cm³/mol. The first-order chi connectivity index (χ1) is 18.7. The third-order valence-electron chi connectivity index (χ3n) is 7.17. The first-order valence-corrected chi connectivity index (χ1v) is 12.1. The van der Waals surface area contributed by atoms with Crippen molar-refractivity contribution in [1.29, 1.82) is 15.8 Å². The summed E-state index contributed by atoms with van der Waals surface area (Å²) in [4.78, 5) is 0. The summed E-state index contributed by atoms with van der Waals surface area (Å²) in [7, 11) is 0. The Morgan fingerprint density at radius 3 is 1.55 bits per heavy atom. The molecule has 0 N–H and O–H groups in total. The molecule has 174 valence electrons. The van der Waals surface area contributed by atoms with Gasteiger partial charge in [0, 0.05) is 32.9 Å². The van der Waals surface area contributed by atoms with E-state index < -0.39 is 0 Å². The number of rotatable bonds is 2. The Morgan fingerprint density at radius 2 is 0.895 bits per heavy atom. The molecule has 2 heterocycles. The lowest BCUT2D eigenvalue weighted by molar-refractivity contribution is 1.16. The third kappa shape index (κ3) is 3.02. The second kappa shape index (κ2) is 8.10. The molecule has 5 nitrogen and oxygen atoms in total. The summed E-state index contributed by atoms with van der Waals surface area (Å²) in [6.07, 6.45) is 0. The maximum atomic E-state index is 9.63. The van der Waals surface area contributed by atoms with E-state index in [0.717, 1.165) is 55.0 Å². The van der Waals surface area contributed by atoms with Gasteiger partial charge in [-0.05, 0) is 78.9 Å². The van der Waals surface area contributed by atoms with Crippen molar-refractivity contribution in [2.45, 2.75) is 0 Å². The van der Waals surface area contributed by atoms with Crippen molar-refractivity contribution < 1.29 is 0 Å². The maximum absolute atomic E-state index is 9.63. The van der Waals surface area contributed by atoms with Gasteiger partial charge in [-0.25, -0.2) is 0 Å². The molecule has 5 aromatic carbocycles. The zero-order valence-corrected chi connectivity index (χ0v) is 20.1. The number of aromatic nitrogens is 2. The Balaban J connectivity index is 1.58. The molecule has 0 atom stereocenters. The van der Waals surface area contributed by atoms with E-state index in [1.54, 1.807) is 6.07 Å². The van der Waals surface area contributed by atoms with E-state index in [4.69, 9.17) is 0 Å². The molecular formula is C33H17N5. The summed E-state index contributed by atoms with van der Waals surface area (Å²) in [6.45, 7) is 0. The second-order valence-corrected chi connectivity index (χ2v) is 9.24.